The van der Waals surface area contributed by atoms with Crippen molar-refractivity contribution in [3.05, 3.63) is 38.9 Å². The lowest BCUT2D eigenvalue weighted by Crippen LogP contribution is -2.13. The molecule has 5 heteroatoms. The van der Waals surface area contributed by atoms with E-state index in [2.05, 4.69) is 25.9 Å². The van der Waals surface area contributed by atoms with E-state index >= 15 is 0 Å². The van der Waals surface area contributed by atoms with E-state index in [0.717, 1.165) is 18.5 Å². The molecule has 0 saturated heterocycles. The van der Waals surface area contributed by atoms with E-state index in [1.165, 1.54) is 0 Å². The molecule has 4 nitrogen and oxygen atoms in total. The predicted octanol–water partition coefficient (Wildman–Crippen LogP) is 2.67. The summed E-state index contributed by atoms with van der Waals surface area (Å²) in [4.78, 5) is 18.8. The number of furan rings is 1. The predicted molar refractivity (Wildman–Crippen MR) is 62.2 cm³/mol. The average Bonchev–Trinajstić information content (AvgIpc) is 2.96. The van der Waals surface area contributed by atoms with Gasteiger partial charge in [-0.05, 0) is 40.9 Å². The summed E-state index contributed by atoms with van der Waals surface area (Å²) in [6.07, 6.45) is 3.77. The van der Waals surface area contributed by atoms with Gasteiger partial charge in [0.2, 0.25) is 0 Å². The quantitative estimate of drug-likeness (QED) is 0.920. The molecule has 0 spiro atoms. The van der Waals surface area contributed by atoms with Crippen molar-refractivity contribution in [1.82, 2.24) is 9.97 Å². The number of aromatic amines is 1. The summed E-state index contributed by atoms with van der Waals surface area (Å²) in [5.41, 5.74) is 0.693. The van der Waals surface area contributed by atoms with Gasteiger partial charge in [0, 0.05) is 5.92 Å². The SMILES string of the molecule is O=c1[nH]c(-c2ccco2)nc(C2CC2)c1Br. The van der Waals surface area contributed by atoms with E-state index in [1.807, 2.05) is 0 Å². The number of nitrogens with one attached hydrogen (secondary N) is 1. The molecule has 1 fully saturated rings. The Balaban J connectivity index is 2.17. The Morgan fingerprint density at radius 3 is 2.94 bits per heavy atom. The summed E-state index contributed by atoms with van der Waals surface area (Å²) in [5, 5.41) is 0. The van der Waals surface area contributed by atoms with Crippen LogP contribution in [0.1, 0.15) is 24.5 Å². The molecule has 0 atom stereocenters. The lowest BCUT2D eigenvalue weighted by atomic mass is 10.2. The van der Waals surface area contributed by atoms with Gasteiger partial charge in [0.25, 0.3) is 5.56 Å². The number of rotatable bonds is 2. The van der Waals surface area contributed by atoms with Crippen LogP contribution >= 0.6 is 15.9 Å². The molecule has 0 amide bonds. The lowest BCUT2D eigenvalue weighted by molar-refractivity contribution is 0.576. The van der Waals surface area contributed by atoms with Crippen LogP contribution in [-0.2, 0) is 0 Å². The molecule has 1 aliphatic rings. The largest absolute Gasteiger partial charge is 0.461 e. The summed E-state index contributed by atoms with van der Waals surface area (Å²) in [7, 11) is 0. The van der Waals surface area contributed by atoms with Gasteiger partial charge < -0.3 is 9.40 Å². The first-order valence-electron chi connectivity index (χ1n) is 5.09. The number of aromatic nitrogens is 2. The maximum absolute atomic E-state index is 11.7. The molecule has 82 valence electrons. The van der Waals surface area contributed by atoms with Crippen LogP contribution in [0.4, 0.5) is 0 Å². The summed E-state index contributed by atoms with van der Waals surface area (Å²) >= 11 is 3.28. The Labute approximate surface area is 99.8 Å². The van der Waals surface area contributed by atoms with Crippen LogP contribution < -0.4 is 5.56 Å². The zero-order valence-electron chi connectivity index (χ0n) is 8.37. The third kappa shape index (κ3) is 1.61. The minimum Gasteiger partial charge on any atom is -0.461 e. The fourth-order valence-corrected chi connectivity index (χ4v) is 2.15. The molecule has 0 radical (unpaired) electrons. The molecule has 1 saturated carbocycles. The van der Waals surface area contributed by atoms with Crippen molar-refractivity contribution in [3.8, 4) is 11.6 Å². The van der Waals surface area contributed by atoms with Gasteiger partial charge in [-0.2, -0.15) is 0 Å². The minimum absolute atomic E-state index is 0.150. The molecular weight excluding hydrogens is 272 g/mol. The highest BCUT2D eigenvalue weighted by Gasteiger charge is 2.29. The zero-order valence-corrected chi connectivity index (χ0v) is 9.95. The highest BCUT2D eigenvalue weighted by molar-refractivity contribution is 9.10. The van der Waals surface area contributed by atoms with Crippen LogP contribution in [0.25, 0.3) is 11.6 Å². The third-order valence-corrected chi connectivity index (χ3v) is 3.37. The van der Waals surface area contributed by atoms with Gasteiger partial charge in [-0.1, -0.05) is 0 Å². The highest BCUT2D eigenvalue weighted by atomic mass is 79.9. The van der Waals surface area contributed by atoms with Gasteiger partial charge in [0.15, 0.2) is 11.6 Å². The first-order valence-corrected chi connectivity index (χ1v) is 5.88. The Hall–Kier alpha value is -1.36. The number of H-pyrrole nitrogens is 1. The number of halogens is 1. The number of nitrogens with zero attached hydrogens (tertiary/aromatic N) is 1. The van der Waals surface area contributed by atoms with E-state index in [4.69, 9.17) is 4.42 Å². The molecule has 3 rings (SSSR count). The molecule has 0 aromatic carbocycles. The maximum Gasteiger partial charge on any atom is 0.265 e. The number of hydrogen-bond donors (Lipinski definition) is 1. The van der Waals surface area contributed by atoms with Crippen molar-refractivity contribution < 1.29 is 4.42 Å². The van der Waals surface area contributed by atoms with Crippen molar-refractivity contribution in [2.24, 2.45) is 0 Å². The van der Waals surface area contributed by atoms with Crippen molar-refractivity contribution in [2.45, 2.75) is 18.8 Å². The molecule has 16 heavy (non-hydrogen) atoms. The molecule has 2 heterocycles. The Morgan fingerprint density at radius 1 is 1.50 bits per heavy atom. The number of hydrogen-bond acceptors (Lipinski definition) is 3. The van der Waals surface area contributed by atoms with Crippen LogP contribution in [0.3, 0.4) is 0 Å². The maximum atomic E-state index is 11.7. The van der Waals surface area contributed by atoms with Gasteiger partial charge in [-0.25, -0.2) is 4.98 Å². The summed E-state index contributed by atoms with van der Waals surface area (Å²) < 4.78 is 5.77. The fraction of sp³-hybridized carbons (Fsp3) is 0.273. The first kappa shape index (κ1) is 9.84. The second-order valence-corrected chi connectivity index (χ2v) is 4.66. The zero-order chi connectivity index (χ0) is 11.1. The fourth-order valence-electron chi connectivity index (χ4n) is 1.63. The van der Waals surface area contributed by atoms with Gasteiger partial charge >= 0.3 is 0 Å². The standard InChI is InChI=1S/C11H9BrN2O2/c12-8-9(6-3-4-6)13-10(14-11(8)15)7-2-1-5-16-7/h1-2,5-6H,3-4H2,(H,13,14,15). The molecule has 1 aliphatic carbocycles. The smallest absolute Gasteiger partial charge is 0.265 e. The van der Waals surface area contributed by atoms with Crippen molar-refractivity contribution >= 4 is 15.9 Å². The summed E-state index contributed by atoms with van der Waals surface area (Å²) in [5.74, 6) is 1.51. The lowest BCUT2D eigenvalue weighted by Gasteiger charge is -2.03. The third-order valence-electron chi connectivity index (χ3n) is 2.61. The van der Waals surface area contributed by atoms with Crippen molar-refractivity contribution in [3.63, 3.8) is 0 Å². The Bertz CT molecular complexity index is 570. The van der Waals surface area contributed by atoms with Crippen LogP contribution in [0.2, 0.25) is 0 Å². The van der Waals surface area contributed by atoms with Gasteiger partial charge in [-0.15, -0.1) is 0 Å². The van der Waals surface area contributed by atoms with E-state index < -0.39 is 0 Å². The second-order valence-electron chi connectivity index (χ2n) is 3.87. The Kier molecular flexibility index (Phi) is 2.21. The highest BCUT2D eigenvalue weighted by Crippen LogP contribution is 2.41. The molecule has 2 aromatic rings. The van der Waals surface area contributed by atoms with Gasteiger partial charge in [0.1, 0.15) is 4.47 Å². The van der Waals surface area contributed by atoms with Gasteiger partial charge in [-0.3, -0.25) is 4.79 Å². The minimum atomic E-state index is -0.150. The Morgan fingerprint density at radius 2 is 2.31 bits per heavy atom. The van der Waals surface area contributed by atoms with E-state index in [-0.39, 0.29) is 5.56 Å². The van der Waals surface area contributed by atoms with Gasteiger partial charge in [0.05, 0.1) is 12.0 Å². The van der Waals surface area contributed by atoms with Crippen LogP contribution in [0, 0.1) is 0 Å². The first-order chi connectivity index (χ1) is 7.75. The van der Waals surface area contributed by atoms with E-state index in [9.17, 15) is 4.79 Å². The second kappa shape index (κ2) is 3.59. The van der Waals surface area contributed by atoms with Crippen molar-refractivity contribution in [2.75, 3.05) is 0 Å². The summed E-state index contributed by atoms with van der Waals surface area (Å²) in [6, 6.07) is 3.55. The molecule has 2 aromatic heterocycles. The molecule has 1 N–H and O–H groups in total. The topological polar surface area (TPSA) is 58.9 Å². The van der Waals surface area contributed by atoms with Crippen LogP contribution in [-0.4, -0.2) is 9.97 Å². The van der Waals surface area contributed by atoms with Crippen molar-refractivity contribution in [1.29, 1.82) is 0 Å². The monoisotopic (exact) mass is 280 g/mol. The molecule has 0 unspecified atom stereocenters. The van der Waals surface area contributed by atoms with Crippen LogP contribution in [0.5, 0.6) is 0 Å². The van der Waals surface area contributed by atoms with Crippen LogP contribution in [0.15, 0.2) is 32.1 Å². The molecule has 0 aliphatic heterocycles. The molecule has 0 bridgehead atoms. The normalized spacial score (nSPS) is 15.3. The van der Waals surface area contributed by atoms with E-state index in [1.54, 1.807) is 18.4 Å². The van der Waals surface area contributed by atoms with E-state index in [0.29, 0.717) is 22.0 Å². The average molecular weight is 281 g/mol. The molecular formula is C11H9BrN2O2. The summed E-state index contributed by atoms with van der Waals surface area (Å²) in [6.45, 7) is 0.